The third-order valence-electron chi connectivity index (χ3n) is 4.08. The van der Waals surface area contributed by atoms with Crippen LogP contribution >= 0.6 is 11.9 Å². The molecule has 106 valence electrons. The summed E-state index contributed by atoms with van der Waals surface area (Å²) in [6, 6.07) is 2.24. The first-order valence-electron chi connectivity index (χ1n) is 7.22. The van der Waals surface area contributed by atoms with Crippen molar-refractivity contribution in [2.24, 2.45) is 0 Å². The van der Waals surface area contributed by atoms with E-state index in [2.05, 4.69) is 34.4 Å². The highest BCUT2D eigenvalue weighted by Gasteiger charge is 2.41. The SMILES string of the molecule is CC.CN1CCC2(CC1)CN(C)Sc1cnccc12. The van der Waals surface area contributed by atoms with Gasteiger partial charge in [0, 0.05) is 29.2 Å². The zero-order chi connectivity index (χ0) is 13.9. The Morgan fingerprint density at radius 2 is 1.89 bits per heavy atom. The van der Waals surface area contributed by atoms with Crippen LogP contribution < -0.4 is 0 Å². The minimum atomic E-state index is 0.366. The van der Waals surface area contributed by atoms with E-state index in [1.807, 2.05) is 38.2 Å². The summed E-state index contributed by atoms with van der Waals surface area (Å²) < 4.78 is 2.37. The third-order valence-corrected chi connectivity index (χ3v) is 5.04. The first kappa shape index (κ1) is 14.8. The summed E-state index contributed by atoms with van der Waals surface area (Å²) in [7, 11) is 4.42. The van der Waals surface area contributed by atoms with Crippen molar-refractivity contribution in [2.75, 3.05) is 33.7 Å². The van der Waals surface area contributed by atoms with Crippen LogP contribution in [0.4, 0.5) is 0 Å². The number of likely N-dealkylation sites (N-methyl/N-ethyl adjacent to an activating group) is 1. The fourth-order valence-corrected chi connectivity index (χ4v) is 4.21. The largest absolute Gasteiger partial charge is 0.306 e. The molecule has 3 rings (SSSR count). The molecule has 0 aromatic carbocycles. The minimum absolute atomic E-state index is 0.366. The predicted octanol–water partition coefficient (Wildman–Crippen LogP) is 3.02. The molecule has 1 aromatic heterocycles. The Hall–Kier alpha value is -0.580. The Morgan fingerprint density at radius 1 is 1.21 bits per heavy atom. The fourth-order valence-electron chi connectivity index (χ4n) is 3.08. The Labute approximate surface area is 121 Å². The standard InChI is InChI=1S/C13H19N3S.C2H6/c1-15-7-4-13(5-8-15)10-16(2)17-12-9-14-6-3-11(12)13;1-2/h3,6,9H,4-5,7-8,10H2,1-2H3;1-2H3. The van der Waals surface area contributed by atoms with E-state index < -0.39 is 0 Å². The van der Waals surface area contributed by atoms with Gasteiger partial charge < -0.3 is 4.90 Å². The third kappa shape index (κ3) is 2.96. The number of rotatable bonds is 0. The molecule has 1 saturated heterocycles. The van der Waals surface area contributed by atoms with Gasteiger partial charge in [-0.3, -0.25) is 4.98 Å². The van der Waals surface area contributed by atoms with Gasteiger partial charge in [0.25, 0.3) is 0 Å². The van der Waals surface area contributed by atoms with Crippen molar-refractivity contribution >= 4 is 11.9 Å². The monoisotopic (exact) mass is 279 g/mol. The average molecular weight is 279 g/mol. The van der Waals surface area contributed by atoms with Crippen LogP contribution in [0.3, 0.4) is 0 Å². The quantitative estimate of drug-likeness (QED) is 0.680. The molecule has 3 heterocycles. The normalized spacial score (nSPS) is 22.5. The maximum absolute atomic E-state index is 4.27. The zero-order valence-corrected chi connectivity index (χ0v) is 13.3. The topological polar surface area (TPSA) is 19.4 Å². The number of fused-ring (bicyclic) bond motifs is 2. The van der Waals surface area contributed by atoms with Crippen LogP contribution in [0.1, 0.15) is 32.3 Å². The van der Waals surface area contributed by atoms with Gasteiger partial charge in [-0.05, 0) is 63.6 Å². The molecule has 0 aliphatic carbocycles. The number of aromatic nitrogens is 1. The van der Waals surface area contributed by atoms with Crippen molar-refractivity contribution in [3.05, 3.63) is 24.0 Å². The Kier molecular flexibility index (Phi) is 4.87. The Balaban J connectivity index is 0.000000637. The van der Waals surface area contributed by atoms with E-state index in [0.717, 1.165) is 0 Å². The van der Waals surface area contributed by atoms with Gasteiger partial charge in [0.1, 0.15) is 0 Å². The fraction of sp³-hybridized carbons (Fsp3) is 0.667. The van der Waals surface area contributed by atoms with Crippen molar-refractivity contribution in [3.8, 4) is 0 Å². The molecule has 1 fully saturated rings. The van der Waals surface area contributed by atoms with Crippen molar-refractivity contribution < 1.29 is 0 Å². The van der Waals surface area contributed by atoms with E-state index in [1.165, 1.54) is 42.9 Å². The number of pyridine rings is 1. The Bertz CT molecular complexity index is 414. The lowest BCUT2D eigenvalue weighted by molar-refractivity contribution is 0.165. The molecule has 0 unspecified atom stereocenters. The molecule has 0 atom stereocenters. The molecule has 4 heteroatoms. The van der Waals surface area contributed by atoms with Crippen LogP contribution in [-0.4, -0.2) is 47.9 Å². The lowest BCUT2D eigenvalue weighted by atomic mass is 9.73. The van der Waals surface area contributed by atoms with E-state index in [-0.39, 0.29) is 0 Å². The second kappa shape index (κ2) is 6.25. The molecule has 0 N–H and O–H groups in total. The lowest BCUT2D eigenvalue weighted by Crippen LogP contribution is -2.48. The van der Waals surface area contributed by atoms with Gasteiger partial charge in [-0.15, -0.1) is 0 Å². The molecule has 0 saturated carbocycles. The van der Waals surface area contributed by atoms with E-state index in [4.69, 9.17) is 0 Å². The molecule has 1 spiro atoms. The van der Waals surface area contributed by atoms with Crippen LogP contribution in [0.2, 0.25) is 0 Å². The molecule has 2 aliphatic rings. The van der Waals surface area contributed by atoms with Gasteiger partial charge in [0.2, 0.25) is 0 Å². The molecule has 19 heavy (non-hydrogen) atoms. The second-order valence-electron chi connectivity index (χ2n) is 5.33. The maximum atomic E-state index is 4.27. The van der Waals surface area contributed by atoms with Crippen LogP contribution in [0, 0.1) is 0 Å². The van der Waals surface area contributed by atoms with E-state index in [1.54, 1.807) is 0 Å². The van der Waals surface area contributed by atoms with Gasteiger partial charge in [-0.2, -0.15) is 0 Å². The molecule has 1 aromatic rings. The summed E-state index contributed by atoms with van der Waals surface area (Å²) >= 11 is 1.84. The number of nitrogens with zero attached hydrogens (tertiary/aromatic N) is 3. The maximum Gasteiger partial charge on any atom is 0.0451 e. The van der Waals surface area contributed by atoms with E-state index in [0.29, 0.717) is 5.41 Å². The Morgan fingerprint density at radius 3 is 2.58 bits per heavy atom. The molecule has 3 nitrogen and oxygen atoms in total. The minimum Gasteiger partial charge on any atom is -0.306 e. The van der Waals surface area contributed by atoms with Gasteiger partial charge >= 0.3 is 0 Å². The van der Waals surface area contributed by atoms with E-state index >= 15 is 0 Å². The number of likely N-dealkylation sites (tertiary alicyclic amines) is 1. The molecule has 2 aliphatic heterocycles. The highest BCUT2D eigenvalue weighted by atomic mass is 32.2. The van der Waals surface area contributed by atoms with Gasteiger partial charge in [-0.1, -0.05) is 13.8 Å². The molecular formula is C15H25N3S. The van der Waals surface area contributed by atoms with Gasteiger partial charge in [0.15, 0.2) is 0 Å². The van der Waals surface area contributed by atoms with Crippen molar-refractivity contribution in [1.82, 2.24) is 14.2 Å². The average Bonchev–Trinajstić information content (AvgIpc) is 2.44. The second-order valence-corrected chi connectivity index (χ2v) is 6.58. The van der Waals surface area contributed by atoms with Crippen molar-refractivity contribution in [3.63, 3.8) is 0 Å². The summed E-state index contributed by atoms with van der Waals surface area (Å²) in [6.07, 6.45) is 6.51. The zero-order valence-electron chi connectivity index (χ0n) is 12.5. The summed E-state index contributed by atoms with van der Waals surface area (Å²) in [4.78, 5) is 8.06. The molecule has 0 bridgehead atoms. The highest BCUT2D eigenvalue weighted by molar-refractivity contribution is 7.97. The van der Waals surface area contributed by atoms with Crippen molar-refractivity contribution in [2.45, 2.75) is 37.0 Å². The summed E-state index contributed by atoms with van der Waals surface area (Å²) in [5.41, 5.74) is 1.90. The molecule has 0 amide bonds. The van der Waals surface area contributed by atoms with Crippen LogP contribution in [-0.2, 0) is 5.41 Å². The first-order valence-corrected chi connectivity index (χ1v) is 7.99. The number of piperidine rings is 1. The van der Waals surface area contributed by atoms with Crippen LogP contribution in [0.5, 0.6) is 0 Å². The predicted molar refractivity (Wildman–Crippen MR) is 82.5 cm³/mol. The van der Waals surface area contributed by atoms with Crippen molar-refractivity contribution in [1.29, 1.82) is 0 Å². The highest BCUT2D eigenvalue weighted by Crippen LogP contribution is 2.45. The van der Waals surface area contributed by atoms with Crippen LogP contribution in [0.25, 0.3) is 0 Å². The molecular weight excluding hydrogens is 254 g/mol. The summed E-state index contributed by atoms with van der Waals surface area (Å²) in [5, 5.41) is 0. The summed E-state index contributed by atoms with van der Waals surface area (Å²) in [5.74, 6) is 0. The van der Waals surface area contributed by atoms with Gasteiger partial charge in [0.05, 0.1) is 0 Å². The number of hydrogen-bond donors (Lipinski definition) is 0. The number of hydrogen-bond acceptors (Lipinski definition) is 4. The van der Waals surface area contributed by atoms with Crippen LogP contribution in [0.15, 0.2) is 23.4 Å². The first-order chi connectivity index (χ1) is 9.20. The van der Waals surface area contributed by atoms with Gasteiger partial charge in [-0.25, -0.2) is 4.31 Å². The lowest BCUT2D eigenvalue weighted by Gasteiger charge is -2.46. The molecule has 0 radical (unpaired) electrons. The smallest absolute Gasteiger partial charge is 0.0451 e. The van der Waals surface area contributed by atoms with E-state index in [9.17, 15) is 0 Å². The summed E-state index contributed by atoms with van der Waals surface area (Å²) in [6.45, 7) is 7.59.